The fraction of sp³-hybridized carbons (Fsp3) is 0.278. The number of ether oxygens (including phenoxy) is 1. The second kappa shape index (κ2) is 7.05. The molecule has 0 unspecified atom stereocenters. The molecule has 1 N–H and O–H groups in total. The predicted octanol–water partition coefficient (Wildman–Crippen LogP) is 1.88. The molecule has 120 valence electrons. The zero-order chi connectivity index (χ0) is 16.9. The van der Waals surface area contributed by atoms with Crippen LogP contribution in [0.25, 0.3) is 0 Å². The van der Waals surface area contributed by atoms with Crippen molar-refractivity contribution in [3.8, 4) is 0 Å². The van der Waals surface area contributed by atoms with E-state index in [4.69, 9.17) is 4.74 Å². The summed E-state index contributed by atoms with van der Waals surface area (Å²) in [5, 5.41) is 2.87. The van der Waals surface area contributed by atoms with E-state index in [0.29, 0.717) is 11.1 Å². The van der Waals surface area contributed by atoms with Crippen molar-refractivity contribution in [3.63, 3.8) is 0 Å². The number of esters is 1. The molecule has 1 aromatic heterocycles. The quantitative estimate of drug-likeness (QED) is 0.677. The highest BCUT2D eigenvalue weighted by molar-refractivity contribution is 5.94. The lowest BCUT2D eigenvalue weighted by molar-refractivity contribution is -0.671. The minimum absolute atomic E-state index is 0.0904. The minimum atomic E-state index is -0.667. The van der Waals surface area contributed by atoms with Gasteiger partial charge < -0.3 is 10.1 Å². The van der Waals surface area contributed by atoms with Crippen LogP contribution in [0.3, 0.4) is 0 Å². The predicted molar refractivity (Wildman–Crippen MR) is 85.9 cm³/mol. The van der Waals surface area contributed by atoms with Crippen molar-refractivity contribution in [2.45, 2.75) is 19.4 Å². The zero-order valence-electron chi connectivity index (χ0n) is 13.6. The monoisotopic (exact) mass is 313 g/mol. The Morgan fingerprint density at radius 2 is 1.65 bits per heavy atom. The molecule has 2 aromatic rings. The van der Waals surface area contributed by atoms with E-state index in [1.807, 2.05) is 31.5 Å². The largest absolute Gasteiger partial charge is 0.460 e. The van der Waals surface area contributed by atoms with Gasteiger partial charge in [0.05, 0.1) is 16.7 Å². The summed E-state index contributed by atoms with van der Waals surface area (Å²) < 4.78 is 7.14. The van der Waals surface area contributed by atoms with E-state index < -0.39 is 11.5 Å². The topological polar surface area (TPSA) is 59.3 Å². The molecule has 23 heavy (non-hydrogen) atoms. The number of hydrogen-bond acceptors (Lipinski definition) is 3. The van der Waals surface area contributed by atoms with E-state index in [2.05, 4.69) is 5.32 Å². The fourth-order valence-corrected chi connectivity index (χ4v) is 1.97. The molecule has 2 rings (SSSR count). The third-order valence-corrected chi connectivity index (χ3v) is 3.27. The summed E-state index contributed by atoms with van der Waals surface area (Å²) in [6, 6.07) is 12.2. The van der Waals surface area contributed by atoms with Gasteiger partial charge in [0.2, 0.25) is 0 Å². The van der Waals surface area contributed by atoms with Gasteiger partial charge in [0.25, 0.3) is 5.91 Å². The molecule has 0 aliphatic heterocycles. The molecule has 1 amide bonds. The molecule has 0 saturated carbocycles. The second-order valence-electron chi connectivity index (χ2n) is 6.03. The smallest absolute Gasteiger partial charge is 0.338 e. The number of carbonyl (C=O) groups is 2. The van der Waals surface area contributed by atoms with Crippen LogP contribution in [0.1, 0.15) is 34.6 Å². The van der Waals surface area contributed by atoms with Crippen LogP contribution in [0.15, 0.2) is 54.9 Å². The van der Waals surface area contributed by atoms with Crippen LogP contribution >= 0.6 is 0 Å². The van der Waals surface area contributed by atoms with Crippen molar-refractivity contribution >= 4 is 11.9 Å². The number of aromatic nitrogens is 1. The van der Waals surface area contributed by atoms with Crippen LogP contribution in [0.4, 0.5) is 0 Å². The van der Waals surface area contributed by atoms with Crippen LogP contribution in [-0.2, 0) is 11.8 Å². The number of nitrogens with zero attached hydrogens (tertiary/aromatic N) is 1. The first kappa shape index (κ1) is 16.7. The molecule has 0 aliphatic rings. The Kier molecular flexibility index (Phi) is 5.11. The molecule has 5 heteroatoms. The first-order valence-corrected chi connectivity index (χ1v) is 7.37. The average molecular weight is 313 g/mol. The van der Waals surface area contributed by atoms with Crippen LogP contribution in [0, 0.1) is 0 Å². The Morgan fingerprint density at radius 1 is 1.04 bits per heavy atom. The lowest BCUT2D eigenvalue weighted by atomic mass is 10.1. The molecular formula is C18H21N2O3+. The van der Waals surface area contributed by atoms with Gasteiger partial charge in [-0.2, -0.15) is 0 Å². The maximum Gasteiger partial charge on any atom is 0.338 e. The summed E-state index contributed by atoms with van der Waals surface area (Å²) >= 11 is 0. The first-order chi connectivity index (χ1) is 10.9. The second-order valence-corrected chi connectivity index (χ2v) is 6.03. The molecular weight excluding hydrogens is 292 g/mol. The van der Waals surface area contributed by atoms with Crippen molar-refractivity contribution in [2.75, 3.05) is 6.61 Å². The minimum Gasteiger partial charge on any atom is -0.460 e. The molecule has 0 aliphatic carbocycles. The van der Waals surface area contributed by atoms with Gasteiger partial charge in [-0.1, -0.05) is 18.2 Å². The number of aryl methyl sites for hydroxylation is 1. The highest BCUT2D eigenvalue weighted by atomic mass is 16.5. The van der Waals surface area contributed by atoms with Gasteiger partial charge >= 0.3 is 5.97 Å². The lowest BCUT2D eigenvalue weighted by Gasteiger charge is -2.25. The molecule has 0 fully saturated rings. The molecule has 5 nitrogen and oxygen atoms in total. The van der Waals surface area contributed by atoms with Gasteiger partial charge in [-0.05, 0) is 26.0 Å². The number of carbonyl (C=O) groups excluding carboxylic acids is 2. The van der Waals surface area contributed by atoms with E-state index in [9.17, 15) is 9.59 Å². The normalized spacial score (nSPS) is 10.9. The number of amides is 1. The third kappa shape index (κ3) is 4.92. The van der Waals surface area contributed by atoms with E-state index in [0.717, 1.165) is 0 Å². The number of pyridine rings is 1. The molecule has 0 radical (unpaired) electrons. The summed E-state index contributed by atoms with van der Waals surface area (Å²) in [6.07, 6.45) is 3.61. The number of hydrogen-bond donors (Lipinski definition) is 1. The highest BCUT2D eigenvalue weighted by Crippen LogP contribution is 2.08. The average Bonchev–Trinajstić information content (AvgIpc) is 2.53. The SMILES string of the molecule is C[n+]1ccc(C(=O)NC(C)(C)COC(=O)c2ccccc2)cc1. The Morgan fingerprint density at radius 3 is 2.26 bits per heavy atom. The number of benzene rings is 1. The van der Waals surface area contributed by atoms with Gasteiger partial charge in [-0.25, -0.2) is 9.36 Å². The molecule has 0 atom stereocenters. The summed E-state index contributed by atoms with van der Waals surface area (Å²) in [7, 11) is 1.88. The van der Waals surface area contributed by atoms with Crippen LogP contribution in [0.5, 0.6) is 0 Å². The molecule has 1 heterocycles. The number of rotatable bonds is 5. The van der Waals surface area contributed by atoms with Gasteiger partial charge in [-0.15, -0.1) is 0 Å². The van der Waals surface area contributed by atoms with Gasteiger partial charge in [0.15, 0.2) is 12.4 Å². The Balaban J connectivity index is 1.92. The molecule has 1 aromatic carbocycles. The highest BCUT2D eigenvalue weighted by Gasteiger charge is 2.24. The van der Waals surface area contributed by atoms with Crippen LogP contribution < -0.4 is 9.88 Å². The summed E-state index contributed by atoms with van der Waals surface area (Å²) in [5.74, 6) is -0.606. The fourth-order valence-electron chi connectivity index (χ4n) is 1.97. The van der Waals surface area contributed by atoms with E-state index in [1.165, 1.54) is 0 Å². The summed E-state index contributed by atoms with van der Waals surface area (Å²) in [4.78, 5) is 24.2. The third-order valence-electron chi connectivity index (χ3n) is 3.27. The van der Waals surface area contributed by atoms with Crippen molar-refractivity contribution in [3.05, 3.63) is 66.0 Å². The van der Waals surface area contributed by atoms with Crippen molar-refractivity contribution < 1.29 is 18.9 Å². The van der Waals surface area contributed by atoms with Crippen LogP contribution in [-0.4, -0.2) is 24.0 Å². The van der Waals surface area contributed by atoms with Crippen molar-refractivity contribution in [1.82, 2.24) is 5.32 Å². The molecule has 0 spiro atoms. The molecule has 0 bridgehead atoms. The van der Waals surface area contributed by atoms with Crippen molar-refractivity contribution in [2.24, 2.45) is 7.05 Å². The standard InChI is InChI=1S/C18H20N2O3/c1-18(2,13-23-17(22)15-7-5-4-6-8-15)19-16(21)14-9-11-20(3)12-10-14/h4-12H,13H2,1-3H3/p+1. The maximum atomic E-state index is 12.2. The Bertz CT molecular complexity index is 679. The summed E-state index contributed by atoms with van der Waals surface area (Å²) in [5.41, 5.74) is 0.385. The Labute approximate surface area is 135 Å². The van der Waals surface area contributed by atoms with Gasteiger partial charge in [0.1, 0.15) is 13.7 Å². The van der Waals surface area contributed by atoms with E-state index in [-0.39, 0.29) is 12.5 Å². The van der Waals surface area contributed by atoms with Crippen molar-refractivity contribution in [1.29, 1.82) is 0 Å². The van der Waals surface area contributed by atoms with E-state index >= 15 is 0 Å². The zero-order valence-corrected chi connectivity index (χ0v) is 13.6. The maximum absolute atomic E-state index is 12.2. The lowest BCUT2D eigenvalue weighted by Crippen LogP contribution is -2.47. The van der Waals surface area contributed by atoms with Crippen LogP contribution in [0.2, 0.25) is 0 Å². The Hall–Kier alpha value is -2.69. The number of nitrogens with one attached hydrogen (secondary N) is 1. The van der Waals surface area contributed by atoms with Gasteiger partial charge in [0, 0.05) is 12.1 Å². The molecule has 0 saturated heterocycles. The summed E-state index contributed by atoms with van der Waals surface area (Å²) in [6.45, 7) is 3.71. The first-order valence-electron chi connectivity index (χ1n) is 7.37. The van der Waals surface area contributed by atoms with E-state index in [1.54, 1.807) is 48.8 Å². The van der Waals surface area contributed by atoms with Gasteiger partial charge in [-0.3, -0.25) is 4.79 Å².